The Hall–Kier alpha value is 0.390. The summed E-state index contributed by atoms with van der Waals surface area (Å²) in [7, 11) is 0.654. The highest BCUT2D eigenvalue weighted by Gasteiger charge is 1.94. The van der Waals surface area contributed by atoms with Gasteiger partial charge in [-0.15, -0.1) is 0 Å². The third kappa shape index (κ3) is 4.55. The van der Waals surface area contributed by atoms with Crippen LogP contribution < -0.4 is 0 Å². The minimum Gasteiger partial charge on any atom is -0.362 e. The molecule has 0 heterocycles. The molecule has 0 amide bonds. The summed E-state index contributed by atoms with van der Waals surface area (Å²) in [5.74, 6) is 0.738. The maximum absolute atomic E-state index is 5.21. The summed E-state index contributed by atoms with van der Waals surface area (Å²) in [6.45, 7) is 7.39. The predicted molar refractivity (Wildman–Crippen MR) is 39.6 cm³/mol. The van der Waals surface area contributed by atoms with E-state index >= 15 is 0 Å². The fraction of sp³-hybridized carbons (Fsp3) is 1.00. The Bertz CT molecular complexity index is 47.8. The highest BCUT2D eigenvalue weighted by Crippen LogP contribution is 2.09. The zero-order chi connectivity index (χ0) is 6.41. The molecule has 2 heteroatoms. The fourth-order valence-electron chi connectivity index (χ4n) is 0.343. The van der Waals surface area contributed by atoms with E-state index in [1.165, 1.54) is 6.42 Å². The Kier molecular flexibility index (Phi) is 5.79. The highest BCUT2D eigenvalue weighted by atomic mass is 31.1. The molecule has 0 spiro atoms. The topological polar surface area (TPSA) is 9.23 Å². The van der Waals surface area contributed by atoms with Crippen LogP contribution in [0.4, 0.5) is 0 Å². The summed E-state index contributed by atoms with van der Waals surface area (Å²) < 4.78 is 5.21. The van der Waals surface area contributed by atoms with E-state index in [1.54, 1.807) is 0 Å². The molecule has 0 aromatic carbocycles. The van der Waals surface area contributed by atoms with Crippen molar-refractivity contribution in [1.29, 1.82) is 0 Å². The normalized spacial score (nSPS) is 15.4. The van der Waals surface area contributed by atoms with E-state index < -0.39 is 0 Å². The average Bonchev–Trinajstić information content (AvgIpc) is 1.83. The van der Waals surface area contributed by atoms with Crippen LogP contribution in [0.15, 0.2) is 0 Å². The van der Waals surface area contributed by atoms with Crippen LogP contribution in [0.5, 0.6) is 0 Å². The van der Waals surface area contributed by atoms with Crippen molar-refractivity contribution in [3.8, 4) is 0 Å². The molecule has 0 aliphatic carbocycles. The molecule has 50 valence electrons. The van der Waals surface area contributed by atoms with Gasteiger partial charge in [0.15, 0.2) is 0 Å². The summed E-state index contributed by atoms with van der Waals surface area (Å²) >= 11 is 0. The molecule has 2 unspecified atom stereocenters. The first kappa shape index (κ1) is 8.39. The molecule has 0 aromatic heterocycles. The van der Waals surface area contributed by atoms with Crippen molar-refractivity contribution in [2.45, 2.75) is 20.3 Å². The zero-order valence-corrected chi connectivity index (χ0v) is 6.90. The van der Waals surface area contributed by atoms with E-state index in [1.807, 2.05) is 0 Å². The molecule has 0 rings (SSSR count). The lowest BCUT2D eigenvalue weighted by Crippen LogP contribution is -1.98. The molecule has 0 aromatic rings. The van der Waals surface area contributed by atoms with Crippen molar-refractivity contribution in [2.24, 2.45) is 5.92 Å². The van der Waals surface area contributed by atoms with Crippen molar-refractivity contribution in [2.75, 3.05) is 13.3 Å². The fourth-order valence-corrected chi connectivity index (χ4v) is 0.795. The molecule has 0 N–H and O–H groups in total. The number of hydrogen-bond donors (Lipinski definition) is 0. The Labute approximate surface area is 53.7 Å². The van der Waals surface area contributed by atoms with Crippen LogP contribution in [0.1, 0.15) is 20.3 Å². The van der Waals surface area contributed by atoms with E-state index in [2.05, 4.69) is 20.5 Å². The third-order valence-electron chi connectivity index (χ3n) is 1.21. The minimum absolute atomic E-state index is 0.654. The molecule has 0 aliphatic rings. The van der Waals surface area contributed by atoms with Crippen LogP contribution in [0.25, 0.3) is 0 Å². The van der Waals surface area contributed by atoms with Crippen molar-refractivity contribution in [1.82, 2.24) is 0 Å². The first-order valence-electron chi connectivity index (χ1n) is 3.09. The maximum Gasteiger partial charge on any atom is 0.0530 e. The van der Waals surface area contributed by atoms with Crippen molar-refractivity contribution >= 4 is 8.81 Å². The Morgan fingerprint density at radius 2 is 2.25 bits per heavy atom. The summed E-state index contributed by atoms with van der Waals surface area (Å²) in [5.41, 5.74) is 0. The van der Waals surface area contributed by atoms with Gasteiger partial charge in [-0.25, -0.2) is 0 Å². The van der Waals surface area contributed by atoms with Crippen molar-refractivity contribution in [3.05, 3.63) is 0 Å². The Morgan fingerprint density at radius 1 is 1.62 bits per heavy atom. The minimum atomic E-state index is 0.654. The summed E-state index contributed by atoms with van der Waals surface area (Å²) in [5, 5.41) is 0. The van der Waals surface area contributed by atoms with Crippen molar-refractivity contribution < 1.29 is 4.52 Å². The smallest absolute Gasteiger partial charge is 0.0530 e. The van der Waals surface area contributed by atoms with E-state index in [0.29, 0.717) is 8.81 Å². The van der Waals surface area contributed by atoms with E-state index in [9.17, 15) is 0 Å². The molecule has 2 atom stereocenters. The van der Waals surface area contributed by atoms with Crippen LogP contribution >= 0.6 is 8.81 Å². The molecule has 1 nitrogen and oxygen atoms in total. The Morgan fingerprint density at radius 3 is 2.62 bits per heavy atom. The van der Waals surface area contributed by atoms with Gasteiger partial charge >= 0.3 is 0 Å². The highest BCUT2D eigenvalue weighted by molar-refractivity contribution is 7.31. The zero-order valence-electron chi connectivity index (χ0n) is 5.90. The van der Waals surface area contributed by atoms with Crippen LogP contribution in [0, 0.1) is 5.92 Å². The molecule has 8 heavy (non-hydrogen) atoms. The van der Waals surface area contributed by atoms with Gasteiger partial charge in [0.2, 0.25) is 0 Å². The number of hydrogen-bond acceptors (Lipinski definition) is 1. The van der Waals surface area contributed by atoms with Crippen LogP contribution in [0.2, 0.25) is 0 Å². The number of rotatable bonds is 4. The van der Waals surface area contributed by atoms with Gasteiger partial charge in [0, 0.05) is 8.81 Å². The van der Waals surface area contributed by atoms with Gasteiger partial charge in [-0.2, -0.15) is 0 Å². The quantitative estimate of drug-likeness (QED) is 0.536. The summed E-state index contributed by atoms with van der Waals surface area (Å²) in [4.78, 5) is 0. The van der Waals surface area contributed by atoms with E-state index in [4.69, 9.17) is 4.52 Å². The monoisotopic (exact) mass is 134 g/mol. The second-order valence-electron chi connectivity index (χ2n) is 2.03. The van der Waals surface area contributed by atoms with E-state index in [0.717, 1.165) is 12.5 Å². The molecule has 0 saturated carbocycles. The summed E-state index contributed by atoms with van der Waals surface area (Å²) in [6, 6.07) is 0. The molecular formula is C6H15OP. The maximum atomic E-state index is 5.21. The van der Waals surface area contributed by atoms with Crippen LogP contribution in [0.3, 0.4) is 0 Å². The van der Waals surface area contributed by atoms with Gasteiger partial charge in [0.25, 0.3) is 0 Å². The average molecular weight is 134 g/mol. The standard InChI is InChI=1S/C6H15OP/c1-4-6(2)5-7-8-3/h6,8H,4-5H2,1-3H3. The lowest BCUT2D eigenvalue weighted by atomic mass is 10.1. The second-order valence-corrected chi connectivity index (χ2v) is 2.73. The van der Waals surface area contributed by atoms with Gasteiger partial charge in [-0.05, 0) is 12.6 Å². The van der Waals surface area contributed by atoms with Gasteiger partial charge in [-0.3, -0.25) is 0 Å². The van der Waals surface area contributed by atoms with E-state index in [-0.39, 0.29) is 0 Å². The van der Waals surface area contributed by atoms with Gasteiger partial charge in [0.1, 0.15) is 0 Å². The SMILES string of the molecule is CCC(C)COPC. The van der Waals surface area contributed by atoms with Crippen molar-refractivity contribution in [3.63, 3.8) is 0 Å². The molecule has 0 saturated heterocycles. The first-order chi connectivity index (χ1) is 3.81. The molecule has 0 aliphatic heterocycles. The van der Waals surface area contributed by atoms with Crippen LogP contribution in [-0.4, -0.2) is 13.3 Å². The lowest BCUT2D eigenvalue weighted by Gasteiger charge is -2.05. The Balaban J connectivity index is 2.86. The van der Waals surface area contributed by atoms with Gasteiger partial charge in [0.05, 0.1) is 6.61 Å². The molecular weight excluding hydrogens is 119 g/mol. The molecule has 0 bridgehead atoms. The van der Waals surface area contributed by atoms with Gasteiger partial charge in [-0.1, -0.05) is 20.3 Å². The third-order valence-corrected chi connectivity index (χ3v) is 1.66. The largest absolute Gasteiger partial charge is 0.362 e. The van der Waals surface area contributed by atoms with Gasteiger partial charge < -0.3 is 4.52 Å². The first-order valence-corrected chi connectivity index (χ1v) is 4.50. The second kappa shape index (κ2) is 5.53. The predicted octanol–water partition coefficient (Wildman–Crippen LogP) is 2.27. The lowest BCUT2D eigenvalue weighted by molar-refractivity contribution is 0.290. The van der Waals surface area contributed by atoms with Crippen LogP contribution in [-0.2, 0) is 4.52 Å². The molecule has 0 radical (unpaired) electrons. The summed E-state index contributed by atoms with van der Waals surface area (Å²) in [6.07, 6.45) is 1.23. The molecule has 0 fully saturated rings.